The van der Waals surface area contributed by atoms with Gasteiger partial charge in [-0.05, 0) is 61.0 Å². The monoisotopic (exact) mass is 418 g/mol. The third kappa shape index (κ3) is 5.49. The van der Waals surface area contributed by atoms with Crippen LogP contribution in [-0.2, 0) is 11.3 Å². The summed E-state index contributed by atoms with van der Waals surface area (Å²) >= 11 is 0. The molecule has 2 amide bonds. The number of fused-ring (bicyclic) bond motifs is 1. The molecule has 0 aromatic heterocycles. The summed E-state index contributed by atoms with van der Waals surface area (Å²) in [6.07, 6.45) is 3.93. The number of carbonyl (C=O) groups is 1. The van der Waals surface area contributed by atoms with E-state index in [-0.39, 0.29) is 5.82 Å². The highest BCUT2D eigenvalue weighted by Crippen LogP contribution is 2.33. The molecule has 0 spiro atoms. The predicted octanol–water partition coefficient (Wildman–Crippen LogP) is 5.85. The van der Waals surface area contributed by atoms with Gasteiger partial charge in [0.15, 0.2) is 0 Å². The van der Waals surface area contributed by atoms with E-state index in [9.17, 15) is 9.18 Å². The summed E-state index contributed by atoms with van der Waals surface area (Å²) in [6.45, 7) is 2.91. The Bertz CT molecular complexity index is 1080. The molecule has 3 aromatic rings. The lowest BCUT2D eigenvalue weighted by Crippen LogP contribution is -2.37. The number of amides is 2. The minimum atomic E-state index is -0.573. The van der Waals surface area contributed by atoms with Gasteiger partial charge in [0.2, 0.25) is 0 Å². The van der Waals surface area contributed by atoms with E-state index in [0.717, 1.165) is 16.9 Å². The number of urea groups is 1. The van der Waals surface area contributed by atoms with Gasteiger partial charge in [0.25, 0.3) is 0 Å². The molecule has 158 valence electrons. The van der Waals surface area contributed by atoms with Crippen LogP contribution in [0, 0.1) is 5.82 Å². The van der Waals surface area contributed by atoms with Gasteiger partial charge in [0.05, 0.1) is 13.2 Å². The summed E-state index contributed by atoms with van der Waals surface area (Å²) in [4.78, 5) is 12.2. The van der Waals surface area contributed by atoms with E-state index < -0.39 is 11.6 Å². The molecule has 4 rings (SSSR count). The number of anilines is 2. The maximum absolute atomic E-state index is 13.0. The second kappa shape index (κ2) is 9.02. The van der Waals surface area contributed by atoms with Gasteiger partial charge in [0.1, 0.15) is 17.2 Å². The molecule has 0 saturated heterocycles. The van der Waals surface area contributed by atoms with E-state index >= 15 is 0 Å². The number of carbonyl (C=O) groups excluding carboxylic acids is 1. The molecule has 0 radical (unpaired) electrons. The van der Waals surface area contributed by atoms with Crippen LogP contribution in [0.1, 0.15) is 18.1 Å². The highest BCUT2D eigenvalue weighted by atomic mass is 19.1. The van der Waals surface area contributed by atoms with Gasteiger partial charge >= 0.3 is 6.03 Å². The largest absolute Gasteiger partial charge is 0.480 e. The number of hydrogen-bond acceptors (Lipinski definition) is 3. The van der Waals surface area contributed by atoms with E-state index in [1.54, 1.807) is 6.07 Å². The molecule has 1 heterocycles. The van der Waals surface area contributed by atoms with Crippen LogP contribution in [0.2, 0.25) is 0 Å². The molecule has 0 saturated carbocycles. The lowest BCUT2D eigenvalue weighted by atomic mass is 10.0. The summed E-state index contributed by atoms with van der Waals surface area (Å²) in [5.41, 5.74) is 2.53. The zero-order chi connectivity index (χ0) is 21.7. The normalized spacial score (nSPS) is 16.8. The first-order valence-corrected chi connectivity index (χ1v) is 9.97. The van der Waals surface area contributed by atoms with Gasteiger partial charge in [0, 0.05) is 16.9 Å². The number of hydrogen-bond donors (Lipinski definition) is 2. The zero-order valence-electron chi connectivity index (χ0n) is 17.1. The van der Waals surface area contributed by atoms with E-state index in [1.165, 1.54) is 24.3 Å². The van der Waals surface area contributed by atoms with Crippen LogP contribution in [0.3, 0.4) is 0 Å². The minimum Gasteiger partial charge on any atom is -0.480 e. The quantitative estimate of drug-likeness (QED) is 0.528. The van der Waals surface area contributed by atoms with Crippen LogP contribution in [0.4, 0.5) is 20.6 Å². The van der Waals surface area contributed by atoms with Crippen molar-refractivity contribution in [3.8, 4) is 5.75 Å². The third-order valence-corrected chi connectivity index (χ3v) is 4.83. The number of halogens is 1. The van der Waals surface area contributed by atoms with Crippen molar-refractivity contribution in [1.29, 1.82) is 0 Å². The molecular weight excluding hydrogens is 395 g/mol. The van der Waals surface area contributed by atoms with Crippen molar-refractivity contribution in [3.63, 3.8) is 0 Å². The van der Waals surface area contributed by atoms with Crippen LogP contribution in [-0.4, -0.2) is 18.2 Å². The fraction of sp³-hybridized carbons (Fsp3) is 0.160. The lowest BCUT2D eigenvalue weighted by molar-refractivity contribution is 0.00632. The molecule has 1 unspecified atom stereocenters. The first-order chi connectivity index (χ1) is 15.0. The molecule has 0 aliphatic carbocycles. The van der Waals surface area contributed by atoms with Gasteiger partial charge in [-0.3, -0.25) is 0 Å². The predicted molar refractivity (Wildman–Crippen MR) is 120 cm³/mol. The Morgan fingerprint density at radius 3 is 2.48 bits per heavy atom. The number of ether oxygens (including phenoxy) is 2. The van der Waals surface area contributed by atoms with E-state index in [1.807, 2.05) is 61.5 Å². The third-order valence-electron chi connectivity index (χ3n) is 4.83. The first-order valence-electron chi connectivity index (χ1n) is 9.97. The van der Waals surface area contributed by atoms with Crippen molar-refractivity contribution in [2.45, 2.75) is 19.1 Å². The topological polar surface area (TPSA) is 59.6 Å². The molecule has 31 heavy (non-hydrogen) atoms. The summed E-state index contributed by atoms with van der Waals surface area (Å²) in [6, 6.07) is 20.6. The fourth-order valence-electron chi connectivity index (χ4n) is 3.25. The van der Waals surface area contributed by atoms with Crippen LogP contribution < -0.4 is 15.4 Å². The maximum Gasteiger partial charge on any atom is 0.323 e. The van der Waals surface area contributed by atoms with Crippen LogP contribution in [0.15, 0.2) is 78.9 Å². The molecule has 1 aliphatic rings. The Hall–Kier alpha value is -3.64. The van der Waals surface area contributed by atoms with Crippen LogP contribution in [0.5, 0.6) is 5.75 Å². The van der Waals surface area contributed by atoms with Crippen molar-refractivity contribution >= 4 is 23.5 Å². The molecule has 0 fully saturated rings. The average molecular weight is 418 g/mol. The molecule has 1 aliphatic heterocycles. The van der Waals surface area contributed by atoms with Gasteiger partial charge in [-0.1, -0.05) is 36.4 Å². The smallest absolute Gasteiger partial charge is 0.323 e. The fourth-order valence-corrected chi connectivity index (χ4v) is 3.25. The van der Waals surface area contributed by atoms with E-state index in [0.29, 0.717) is 24.6 Å². The summed E-state index contributed by atoms with van der Waals surface area (Å²) in [5.74, 6) is 0.364. The van der Waals surface area contributed by atoms with Crippen molar-refractivity contribution < 1.29 is 18.7 Å². The highest BCUT2D eigenvalue weighted by molar-refractivity contribution is 6.00. The van der Waals surface area contributed by atoms with Crippen molar-refractivity contribution in [2.75, 3.05) is 17.2 Å². The number of nitrogens with one attached hydrogen (secondary N) is 2. The summed E-state index contributed by atoms with van der Waals surface area (Å²) < 4.78 is 25.0. The minimum absolute atomic E-state index is 0.357. The Morgan fingerprint density at radius 2 is 1.71 bits per heavy atom. The summed E-state index contributed by atoms with van der Waals surface area (Å²) in [7, 11) is 0. The van der Waals surface area contributed by atoms with Crippen LogP contribution in [0.25, 0.3) is 6.08 Å². The molecule has 5 nitrogen and oxygen atoms in total. The van der Waals surface area contributed by atoms with Crippen molar-refractivity contribution in [1.82, 2.24) is 0 Å². The second-order valence-corrected chi connectivity index (χ2v) is 7.57. The maximum atomic E-state index is 13.0. The Labute approximate surface area is 180 Å². The molecule has 3 aromatic carbocycles. The van der Waals surface area contributed by atoms with E-state index in [4.69, 9.17) is 9.47 Å². The Balaban J connectivity index is 1.34. The number of rotatable bonds is 6. The zero-order valence-corrected chi connectivity index (χ0v) is 17.1. The Morgan fingerprint density at radius 1 is 1.00 bits per heavy atom. The van der Waals surface area contributed by atoms with Crippen LogP contribution >= 0.6 is 0 Å². The second-order valence-electron chi connectivity index (χ2n) is 7.57. The Kier molecular flexibility index (Phi) is 6.00. The molecule has 6 heteroatoms. The van der Waals surface area contributed by atoms with Gasteiger partial charge in [-0.25, -0.2) is 9.18 Å². The SMILES string of the molecule is CC1(COCc2ccccc2)C=Cc2cc(NC(=O)Nc3ccc(F)cc3)ccc2O1. The van der Waals surface area contributed by atoms with Crippen molar-refractivity contribution in [3.05, 3.63) is 95.8 Å². The molecule has 1 atom stereocenters. The highest BCUT2D eigenvalue weighted by Gasteiger charge is 2.28. The van der Waals surface area contributed by atoms with Gasteiger partial charge < -0.3 is 20.1 Å². The average Bonchev–Trinajstić information content (AvgIpc) is 2.76. The number of benzene rings is 3. The summed E-state index contributed by atoms with van der Waals surface area (Å²) in [5, 5.41) is 5.44. The van der Waals surface area contributed by atoms with Crippen molar-refractivity contribution in [2.24, 2.45) is 0 Å². The van der Waals surface area contributed by atoms with Gasteiger partial charge in [-0.15, -0.1) is 0 Å². The van der Waals surface area contributed by atoms with E-state index in [2.05, 4.69) is 10.6 Å². The molecule has 2 N–H and O–H groups in total. The molecule has 0 bridgehead atoms. The standard InChI is InChI=1S/C25H23FN2O3/c1-25(17-30-16-18-5-3-2-4-6-18)14-13-19-15-22(11-12-23(19)31-25)28-24(29)27-21-9-7-20(26)8-10-21/h2-15H,16-17H2,1H3,(H2,27,28,29). The molecular formula is C25H23FN2O3. The first kappa shape index (κ1) is 20.6. The lowest BCUT2D eigenvalue weighted by Gasteiger charge is -2.31. The van der Waals surface area contributed by atoms with Gasteiger partial charge in [-0.2, -0.15) is 0 Å².